The third-order valence-electron chi connectivity index (χ3n) is 2.03. The van der Waals surface area contributed by atoms with Crippen LogP contribution in [0.15, 0.2) is 23.3 Å². The topological polar surface area (TPSA) is 41.9 Å². The van der Waals surface area contributed by atoms with Gasteiger partial charge in [-0.3, -0.25) is 0 Å². The first-order valence-electron chi connectivity index (χ1n) is 4.60. The van der Waals surface area contributed by atoms with Crippen LogP contribution >= 0.6 is 23.2 Å². The van der Waals surface area contributed by atoms with Crippen LogP contribution in [0.4, 0.5) is 4.79 Å². The lowest BCUT2D eigenvalue weighted by atomic mass is 10.2. The Hall–Kier alpha value is -1.26. The summed E-state index contributed by atoms with van der Waals surface area (Å²) in [5.41, 5.74) is 0.772. The van der Waals surface area contributed by atoms with Crippen molar-refractivity contribution < 1.29 is 9.53 Å². The first-order chi connectivity index (χ1) is 7.66. The molecule has 0 atom stereocenters. The lowest BCUT2D eigenvalue weighted by molar-refractivity contribution is 0.159. The molecule has 6 heteroatoms. The molecule has 1 aromatic carbocycles. The number of benzene rings is 1. The minimum absolute atomic E-state index is 0.373. The van der Waals surface area contributed by atoms with Gasteiger partial charge in [0.05, 0.1) is 22.8 Å². The van der Waals surface area contributed by atoms with Gasteiger partial charge in [-0.05, 0) is 17.7 Å². The maximum absolute atomic E-state index is 11.1. The SMILES string of the molecule is O=C1OCCN1/N=C/c1ccc(Cl)c(Cl)c1. The average molecular weight is 259 g/mol. The minimum atomic E-state index is -0.434. The Kier molecular flexibility index (Phi) is 3.31. The van der Waals surface area contributed by atoms with Crippen molar-refractivity contribution in [1.29, 1.82) is 0 Å². The third-order valence-corrected chi connectivity index (χ3v) is 2.77. The van der Waals surface area contributed by atoms with Gasteiger partial charge in [0.25, 0.3) is 0 Å². The molecule has 84 valence electrons. The second-order valence-corrected chi connectivity index (χ2v) is 3.97. The zero-order valence-electron chi connectivity index (χ0n) is 8.19. The van der Waals surface area contributed by atoms with Crippen LogP contribution in [0.25, 0.3) is 0 Å². The molecule has 1 fully saturated rings. The highest BCUT2D eigenvalue weighted by Gasteiger charge is 2.20. The number of carbonyl (C=O) groups excluding carboxylic acids is 1. The van der Waals surface area contributed by atoms with Gasteiger partial charge in [0.15, 0.2) is 0 Å². The van der Waals surface area contributed by atoms with E-state index in [2.05, 4.69) is 5.10 Å². The van der Waals surface area contributed by atoms with Crippen LogP contribution < -0.4 is 0 Å². The molecule has 1 heterocycles. The van der Waals surface area contributed by atoms with Gasteiger partial charge in [0, 0.05) is 0 Å². The highest BCUT2D eigenvalue weighted by atomic mass is 35.5. The van der Waals surface area contributed by atoms with Crippen molar-refractivity contribution in [3.8, 4) is 0 Å². The third kappa shape index (κ3) is 2.46. The summed E-state index contributed by atoms with van der Waals surface area (Å²) in [4.78, 5) is 11.1. The van der Waals surface area contributed by atoms with Crippen molar-refractivity contribution in [3.63, 3.8) is 0 Å². The van der Waals surface area contributed by atoms with E-state index in [1.165, 1.54) is 11.2 Å². The highest BCUT2D eigenvalue weighted by Crippen LogP contribution is 2.21. The van der Waals surface area contributed by atoms with Gasteiger partial charge in [0.2, 0.25) is 0 Å². The highest BCUT2D eigenvalue weighted by molar-refractivity contribution is 6.42. The van der Waals surface area contributed by atoms with E-state index in [0.717, 1.165) is 5.56 Å². The van der Waals surface area contributed by atoms with E-state index in [1.807, 2.05) is 0 Å². The van der Waals surface area contributed by atoms with Gasteiger partial charge in [-0.1, -0.05) is 29.3 Å². The Labute approximate surface area is 102 Å². The molecule has 0 unspecified atom stereocenters. The molecule has 1 aliphatic heterocycles. The Bertz CT molecular complexity index is 448. The fourth-order valence-electron chi connectivity index (χ4n) is 1.22. The number of hydrogen-bond acceptors (Lipinski definition) is 3. The maximum Gasteiger partial charge on any atom is 0.430 e. The van der Waals surface area contributed by atoms with Gasteiger partial charge < -0.3 is 4.74 Å². The van der Waals surface area contributed by atoms with Crippen LogP contribution in [-0.4, -0.2) is 30.5 Å². The summed E-state index contributed by atoms with van der Waals surface area (Å²) in [5.74, 6) is 0. The smallest absolute Gasteiger partial charge is 0.430 e. The molecule has 1 aromatic rings. The number of amides is 1. The van der Waals surface area contributed by atoms with Gasteiger partial charge >= 0.3 is 6.09 Å². The first-order valence-corrected chi connectivity index (χ1v) is 5.36. The Balaban J connectivity index is 2.11. The Morgan fingerprint density at radius 2 is 2.19 bits per heavy atom. The van der Waals surface area contributed by atoms with Gasteiger partial charge in [-0.25, -0.2) is 4.79 Å². The second-order valence-electron chi connectivity index (χ2n) is 3.16. The van der Waals surface area contributed by atoms with Crippen LogP contribution in [0, 0.1) is 0 Å². The van der Waals surface area contributed by atoms with E-state index in [0.29, 0.717) is 23.2 Å². The predicted molar refractivity (Wildman–Crippen MR) is 62.1 cm³/mol. The predicted octanol–water partition coefficient (Wildman–Crippen LogP) is 2.78. The van der Waals surface area contributed by atoms with Gasteiger partial charge in [0.1, 0.15) is 6.61 Å². The number of hydrazone groups is 1. The molecular formula is C10H8Cl2N2O2. The van der Waals surface area contributed by atoms with Crippen LogP contribution in [-0.2, 0) is 4.74 Å². The molecule has 0 aliphatic carbocycles. The summed E-state index contributed by atoms with van der Waals surface area (Å²) < 4.78 is 4.72. The van der Waals surface area contributed by atoms with Crippen molar-refractivity contribution in [2.24, 2.45) is 5.10 Å². The number of hydrogen-bond donors (Lipinski definition) is 0. The summed E-state index contributed by atoms with van der Waals surface area (Å²) >= 11 is 11.6. The molecule has 1 aliphatic rings. The number of rotatable bonds is 2. The van der Waals surface area contributed by atoms with Crippen molar-refractivity contribution >= 4 is 35.5 Å². The quantitative estimate of drug-likeness (QED) is 0.766. The fraction of sp³-hybridized carbons (Fsp3) is 0.200. The normalized spacial score (nSPS) is 15.9. The first kappa shape index (κ1) is 11.2. The molecule has 1 saturated heterocycles. The zero-order chi connectivity index (χ0) is 11.5. The second kappa shape index (κ2) is 4.72. The van der Waals surface area contributed by atoms with Crippen molar-refractivity contribution in [3.05, 3.63) is 33.8 Å². The molecule has 0 N–H and O–H groups in total. The van der Waals surface area contributed by atoms with Crippen LogP contribution in [0.1, 0.15) is 5.56 Å². The van der Waals surface area contributed by atoms with Crippen LogP contribution in [0.2, 0.25) is 10.0 Å². The molecule has 1 amide bonds. The number of nitrogens with zero attached hydrogens (tertiary/aromatic N) is 2. The summed E-state index contributed by atoms with van der Waals surface area (Å²) in [7, 11) is 0. The van der Waals surface area contributed by atoms with E-state index < -0.39 is 6.09 Å². The molecule has 2 rings (SSSR count). The van der Waals surface area contributed by atoms with Crippen molar-refractivity contribution in [2.45, 2.75) is 0 Å². The van der Waals surface area contributed by atoms with Crippen molar-refractivity contribution in [1.82, 2.24) is 5.01 Å². The van der Waals surface area contributed by atoms with E-state index in [-0.39, 0.29) is 0 Å². The summed E-state index contributed by atoms with van der Waals surface area (Å²) in [6.45, 7) is 0.841. The summed E-state index contributed by atoms with van der Waals surface area (Å²) in [5, 5.41) is 6.17. The van der Waals surface area contributed by atoms with E-state index in [9.17, 15) is 4.79 Å². The number of ether oxygens (including phenoxy) is 1. The Morgan fingerprint density at radius 3 is 2.81 bits per heavy atom. The van der Waals surface area contributed by atoms with Crippen molar-refractivity contribution in [2.75, 3.05) is 13.2 Å². The lowest BCUT2D eigenvalue weighted by Crippen LogP contribution is -2.17. The fourth-order valence-corrected chi connectivity index (χ4v) is 1.53. The molecule has 0 spiro atoms. The molecule has 0 radical (unpaired) electrons. The van der Waals surface area contributed by atoms with E-state index in [4.69, 9.17) is 27.9 Å². The number of carbonyl (C=O) groups is 1. The number of cyclic esters (lactones) is 1. The van der Waals surface area contributed by atoms with Gasteiger partial charge in [-0.2, -0.15) is 10.1 Å². The molecule has 0 aromatic heterocycles. The molecule has 16 heavy (non-hydrogen) atoms. The monoisotopic (exact) mass is 258 g/mol. The van der Waals surface area contributed by atoms with Crippen LogP contribution in [0.3, 0.4) is 0 Å². The minimum Gasteiger partial charge on any atom is -0.446 e. The summed E-state index contributed by atoms with van der Waals surface area (Å²) in [6, 6.07) is 5.11. The maximum atomic E-state index is 11.1. The van der Waals surface area contributed by atoms with Gasteiger partial charge in [-0.15, -0.1) is 0 Å². The zero-order valence-corrected chi connectivity index (χ0v) is 9.70. The average Bonchev–Trinajstić information content (AvgIpc) is 2.66. The van der Waals surface area contributed by atoms with E-state index >= 15 is 0 Å². The lowest BCUT2D eigenvalue weighted by Gasteiger charge is -2.03. The molecule has 0 bridgehead atoms. The standard InChI is InChI=1S/C10H8Cl2N2O2/c11-8-2-1-7(5-9(8)12)6-13-14-3-4-16-10(14)15/h1-2,5-6H,3-4H2/b13-6+. The van der Waals surface area contributed by atoms with E-state index in [1.54, 1.807) is 18.2 Å². The summed E-state index contributed by atoms with van der Waals surface area (Å²) in [6.07, 6.45) is 1.10. The van der Waals surface area contributed by atoms with Crippen LogP contribution in [0.5, 0.6) is 0 Å². The molecular weight excluding hydrogens is 251 g/mol. The Morgan fingerprint density at radius 1 is 1.38 bits per heavy atom. The molecule has 4 nitrogen and oxygen atoms in total. The largest absolute Gasteiger partial charge is 0.446 e. The molecule has 0 saturated carbocycles. The number of halogens is 2.